The van der Waals surface area contributed by atoms with Gasteiger partial charge in [0.05, 0.1) is 5.69 Å². The van der Waals surface area contributed by atoms with Crippen LogP contribution in [0.1, 0.15) is 49.1 Å². The Labute approximate surface area is 181 Å². The van der Waals surface area contributed by atoms with Crippen molar-refractivity contribution in [1.29, 1.82) is 0 Å². The molecule has 5 nitrogen and oxygen atoms in total. The van der Waals surface area contributed by atoms with Crippen molar-refractivity contribution in [1.82, 2.24) is 20.0 Å². The fourth-order valence-corrected chi connectivity index (χ4v) is 3.01. The van der Waals surface area contributed by atoms with Gasteiger partial charge < -0.3 is 10.2 Å². The second-order valence-corrected chi connectivity index (χ2v) is 7.20. The van der Waals surface area contributed by atoms with Crippen molar-refractivity contribution < 1.29 is 0 Å². The number of guanidine groups is 1. The highest BCUT2D eigenvalue weighted by atomic mass is 127. The number of hydrogen-bond acceptors (Lipinski definition) is 2. The zero-order valence-corrected chi connectivity index (χ0v) is 19.8. The fourth-order valence-electron chi connectivity index (χ4n) is 3.01. The zero-order valence-electron chi connectivity index (χ0n) is 17.5. The summed E-state index contributed by atoms with van der Waals surface area (Å²) in [4.78, 5) is 6.99. The molecule has 2 aromatic rings. The minimum absolute atomic E-state index is 0. The summed E-state index contributed by atoms with van der Waals surface area (Å²) in [6.07, 6.45) is 3.06. The lowest BCUT2D eigenvalue weighted by molar-refractivity contribution is 0.473. The Morgan fingerprint density at radius 3 is 2.52 bits per heavy atom. The molecule has 0 unspecified atom stereocenters. The van der Waals surface area contributed by atoms with Crippen LogP contribution < -0.4 is 5.32 Å². The van der Waals surface area contributed by atoms with Gasteiger partial charge in [0.2, 0.25) is 0 Å². The molecule has 1 aromatic carbocycles. The van der Waals surface area contributed by atoms with Crippen LogP contribution in [0.3, 0.4) is 0 Å². The molecule has 0 aliphatic carbocycles. The van der Waals surface area contributed by atoms with E-state index in [-0.39, 0.29) is 24.0 Å². The monoisotopic (exact) mass is 483 g/mol. The van der Waals surface area contributed by atoms with Gasteiger partial charge in [-0.1, -0.05) is 43.7 Å². The van der Waals surface area contributed by atoms with E-state index in [4.69, 9.17) is 4.99 Å². The maximum Gasteiger partial charge on any atom is 0.193 e. The van der Waals surface area contributed by atoms with Gasteiger partial charge in [0, 0.05) is 45.5 Å². The Hall–Kier alpha value is -1.57. The summed E-state index contributed by atoms with van der Waals surface area (Å²) in [5.41, 5.74) is 5.04. The van der Waals surface area contributed by atoms with Gasteiger partial charge in [-0.2, -0.15) is 5.10 Å². The van der Waals surface area contributed by atoms with E-state index in [0.29, 0.717) is 5.92 Å². The number of halogens is 1. The highest BCUT2D eigenvalue weighted by molar-refractivity contribution is 14.0. The van der Waals surface area contributed by atoms with Gasteiger partial charge in [0.15, 0.2) is 5.96 Å². The molecule has 0 saturated heterocycles. The molecule has 1 aromatic heterocycles. The highest BCUT2D eigenvalue weighted by Crippen LogP contribution is 2.18. The molecule has 6 heteroatoms. The lowest BCUT2D eigenvalue weighted by atomic mass is 10.1. The van der Waals surface area contributed by atoms with Gasteiger partial charge in [-0.3, -0.25) is 9.67 Å². The molecule has 0 fully saturated rings. The number of nitrogens with one attached hydrogen (secondary N) is 1. The number of aliphatic imine (C=N–C) groups is 1. The molecular formula is C21H34IN5. The summed E-state index contributed by atoms with van der Waals surface area (Å²) in [7, 11) is 4.07. The standard InChI is InChI=1S/C21H33N5.HI/c1-7-22-21(23-13-12-18-10-8-17(4)9-11-18)25(5)14-19-15-26(6)24-20(19)16(2)3;/h8-11,15-16H,7,12-14H2,1-6H3,(H,22,23);1H. The van der Waals surface area contributed by atoms with Crippen molar-refractivity contribution in [3.8, 4) is 0 Å². The molecule has 0 saturated carbocycles. The topological polar surface area (TPSA) is 45.5 Å². The van der Waals surface area contributed by atoms with Crippen LogP contribution in [-0.2, 0) is 20.0 Å². The van der Waals surface area contributed by atoms with E-state index < -0.39 is 0 Å². The number of benzene rings is 1. The second-order valence-electron chi connectivity index (χ2n) is 7.20. The molecular weight excluding hydrogens is 449 g/mol. The number of aryl methyl sites for hydroxylation is 2. The van der Waals surface area contributed by atoms with Crippen molar-refractivity contribution in [3.05, 3.63) is 52.8 Å². The predicted octanol–water partition coefficient (Wildman–Crippen LogP) is 4.11. The van der Waals surface area contributed by atoms with Crippen molar-refractivity contribution in [2.45, 2.75) is 46.6 Å². The van der Waals surface area contributed by atoms with Crippen molar-refractivity contribution in [2.75, 3.05) is 20.1 Å². The summed E-state index contributed by atoms with van der Waals surface area (Å²) < 4.78 is 1.90. The summed E-state index contributed by atoms with van der Waals surface area (Å²) in [6, 6.07) is 8.69. The van der Waals surface area contributed by atoms with E-state index in [9.17, 15) is 0 Å². The molecule has 0 aliphatic heterocycles. The third kappa shape index (κ3) is 7.16. The van der Waals surface area contributed by atoms with Crippen LogP contribution >= 0.6 is 24.0 Å². The van der Waals surface area contributed by atoms with Crippen molar-refractivity contribution in [3.63, 3.8) is 0 Å². The summed E-state index contributed by atoms with van der Waals surface area (Å²) >= 11 is 0. The van der Waals surface area contributed by atoms with Gasteiger partial charge in [0.1, 0.15) is 0 Å². The third-order valence-corrected chi connectivity index (χ3v) is 4.37. The lowest BCUT2D eigenvalue weighted by Crippen LogP contribution is -2.38. The number of nitrogens with zero attached hydrogens (tertiary/aromatic N) is 4. The average molecular weight is 483 g/mol. The Morgan fingerprint density at radius 2 is 1.93 bits per heavy atom. The number of rotatable bonds is 7. The molecule has 1 N–H and O–H groups in total. The zero-order chi connectivity index (χ0) is 19.1. The first-order valence-electron chi connectivity index (χ1n) is 9.48. The molecule has 0 bridgehead atoms. The Morgan fingerprint density at radius 1 is 1.26 bits per heavy atom. The van der Waals surface area contributed by atoms with E-state index in [1.165, 1.54) is 16.7 Å². The van der Waals surface area contributed by atoms with Crippen molar-refractivity contribution in [2.24, 2.45) is 12.0 Å². The van der Waals surface area contributed by atoms with Crippen LogP contribution in [0.25, 0.3) is 0 Å². The van der Waals surface area contributed by atoms with Gasteiger partial charge in [0.25, 0.3) is 0 Å². The van der Waals surface area contributed by atoms with E-state index in [1.807, 2.05) is 11.7 Å². The molecule has 150 valence electrons. The van der Waals surface area contributed by atoms with E-state index >= 15 is 0 Å². The van der Waals surface area contributed by atoms with E-state index in [1.54, 1.807) is 0 Å². The van der Waals surface area contributed by atoms with Crippen LogP contribution in [0.2, 0.25) is 0 Å². The number of hydrogen-bond donors (Lipinski definition) is 1. The molecule has 0 amide bonds. The average Bonchev–Trinajstić information content (AvgIpc) is 2.96. The fraction of sp³-hybridized carbons (Fsp3) is 0.524. The molecule has 1 heterocycles. The maximum absolute atomic E-state index is 4.81. The van der Waals surface area contributed by atoms with Crippen LogP contribution in [-0.4, -0.2) is 40.8 Å². The normalized spacial score (nSPS) is 11.4. The van der Waals surface area contributed by atoms with Crippen LogP contribution in [0.5, 0.6) is 0 Å². The molecule has 0 atom stereocenters. The lowest BCUT2D eigenvalue weighted by Gasteiger charge is -2.22. The molecule has 2 rings (SSSR count). The summed E-state index contributed by atoms with van der Waals surface area (Å²) in [6.45, 7) is 11.0. The van der Waals surface area contributed by atoms with Gasteiger partial charge in [-0.05, 0) is 31.7 Å². The van der Waals surface area contributed by atoms with Crippen LogP contribution in [0.4, 0.5) is 0 Å². The van der Waals surface area contributed by atoms with E-state index in [2.05, 4.69) is 80.5 Å². The molecule has 0 spiro atoms. The SMILES string of the molecule is CCNC(=NCCc1ccc(C)cc1)N(C)Cc1cn(C)nc1C(C)C.I. The number of aromatic nitrogens is 2. The van der Waals surface area contributed by atoms with Crippen LogP contribution in [0.15, 0.2) is 35.5 Å². The second kappa shape index (κ2) is 11.3. The van der Waals surface area contributed by atoms with Gasteiger partial charge in [-0.25, -0.2) is 0 Å². The van der Waals surface area contributed by atoms with E-state index in [0.717, 1.165) is 37.7 Å². The molecule has 0 aliphatic rings. The Balaban J connectivity index is 0.00000364. The van der Waals surface area contributed by atoms with Crippen molar-refractivity contribution >= 4 is 29.9 Å². The summed E-state index contributed by atoms with van der Waals surface area (Å²) in [5.74, 6) is 1.36. The predicted molar refractivity (Wildman–Crippen MR) is 125 cm³/mol. The largest absolute Gasteiger partial charge is 0.357 e. The Bertz CT molecular complexity index is 719. The summed E-state index contributed by atoms with van der Waals surface area (Å²) in [5, 5.41) is 8.01. The van der Waals surface area contributed by atoms with Gasteiger partial charge >= 0.3 is 0 Å². The Kier molecular flexibility index (Phi) is 9.83. The maximum atomic E-state index is 4.81. The first kappa shape index (κ1) is 23.5. The third-order valence-electron chi connectivity index (χ3n) is 4.37. The van der Waals surface area contributed by atoms with Crippen LogP contribution in [0, 0.1) is 6.92 Å². The van der Waals surface area contributed by atoms with Gasteiger partial charge in [-0.15, -0.1) is 24.0 Å². The highest BCUT2D eigenvalue weighted by Gasteiger charge is 2.15. The molecule has 0 radical (unpaired) electrons. The first-order chi connectivity index (χ1) is 12.4. The molecule has 27 heavy (non-hydrogen) atoms. The minimum Gasteiger partial charge on any atom is -0.357 e. The minimum atomic E-state index is 0. The first-order valence-corrected chi connectivity index (χ1v) is 9.48. The smallest absolute Gasteiger partial charge is 0.193 e. The quantitative estimate of drug-likeness (QED) is 0.366.